The van der Waals surface area contributed by atoms with Crippen molar-refractivity contribution in [1.29, 1.82) is 0 Å². The zero-order valence-corrected chi connectivity index (χ0v) is 23.8. The van der Waals surface area contributed by atoms with E-state index in [4.69, 9.17) is 25.8 Å². The van der Waals surface area contributed by atoms with Crippen LogP contribution in [0, 0.1) is 0 Å². The number of carbonyl (C=O) groups is 2. The van der Waals surface area contributed by atoms with Crippen LogP contribution in [0.15, 0.2) is 36.4 Å². The van der Waals surface area contributed by atoms with Crippen molar-refractivity contribution in [2.24, 2.45) is 0 Å². The second-order valence-corrected chi connectivity index (χ2v) is 11.1. The number of halogens is 4. The molecule has 2 aliphatic rings. The summed E-state index contributed by atoms with van der Waals surface area (Å²) in [4.78, 5) is 32.0. The van der Waals surface area contributed by atoms with Crippen molar-refractivity contribution in [3.05, 3.63) is 47.1 Å². The van der Waals surface area contributed by atoms with Crippen LogP contribution in [-0.2, 0) is 9.53 Å². The molecule has 9 nitrogen and oxygen atoms in total. The Balaban J connectivity index is 1.38. The first-order valence-electron chi connectivity index (χ1n) is 13.4. The smallest absolute Gasteiger partial charge is 0.405 e. The van der Waals surface area contributed by atoms with E-state index in [1.54, 1.807) is 51.3 Å². The lowest BCUT2D eigenvalue weighted by Crippen LogP contribution is -2.55. The number of aromatic nitrogens is 1. The Hall–Kier alpha value is -3.25. The van der Waals surface area contributed by atoms with Gasteiger partial charge in [0.2, 0.25) is 0 Å². The fourth-order valence-corrected chi connectivity index (χ4v) is 5.39. The van der Waals surface area contributed by atoms with Crippen LogP contribution in [-0.4, -0.2) is 73.6 Å². The molecule has 1 aromatic heterocycles. The molecule has 0 aliphatic carbocycles. The van der Waals surface area contributed by atoms with Crippen LogP contribution in [0.3, 0.4) is 0 Å². The Labute approximate surface area is 241 Å². The number of nitrogens with zero attached hydrogens (tertiary/aromatic N) is 2. The molecule has 0 radical (unpaired) electrons. The number of alkyl halides is 3. The molecule has 224 valence electrons. The molecule has 2 aromatic rings. The molecule has 2 unspecified atom stereocenters. The average Bonchev–Trinajstić information content (AvgIpc) is 3.18. The van der Waals surface area contributed by atoms with E-state index in [2.05, 4.69) is 15.2 Å². The highest BCUT2D eigenvalue weighted by Gasteiger charge is 2.43. The number of pyridine rings is 1. The molecule has 2 N–H and O–H groups in total. The number of benzene rings is 1. The maximum atomic E-state index is 13.3. The van der Waals surface area contributed by atoms with E-state index in [1.165, 1.54) is 6.07 Å². The van der Waals surface area contributed by atoms with Crippen LogP contribution in [0.25, 0.3) is 0 Å². The molecule has 3 heterocycles. The highest BCUT2D eigenvalue weighted by Crippen LogP contribution is 2.39. The molecule has 2 atom stereocenters. The molecule has 2 aliphatic heterocycles. The zero-order chi connectivity index (χ0) is 29.8. The maximum absolute atomic E-state index is 13.3. The van der Waals surface area contributed by atoms with Gasteiger partial charge in [-0.1, -0.05) is 17.7 Å². The fraction of sp³-hybridized carbons (Fsp3) is 0.536. The summed E-state index contributed by atoms with van der Waals surface area (Å²) in [6.45, 7) is 2.60. The molecule has 1 aromatic carbocycles. The van der Waals surface area contributed by atoms with Crippen LogP contribution < -0.4 is 25.0 Å². The van der Waals surface area contributed by atoms with Crippen LogP contribution >= 0.6 is 11.6 Å². The number of piperidine rings is 1. The van der Waals surface area contributed by atoms with Gasteiger partial charge < -0.3 is 29.7 Å². The number of fused-ring (bicyclic) bond motifs is 2. The van der Waals surface area contributed by atoms with Gasteiger partial charge in [-0.25, -0.2) is 4.98 Å². The van der Waals surface area contributed by atoms with Gasteiger partial charge in [0.05, 0.1) is 6.61 Å². The second kappa shape index (κ2) is 12.7. The molecule has 2 saturated heterocycles. The third-order valence-corrected chi connectivity index (χ3v) is 7.35. The summed E-state index contributed by atoms with van der Waals surface area (Å²) < 4.78 is 54.4. The van der Waals surface area contributed by atoms with Crippen molar-refractivity contribution in [3.8, 4) is 11.5 Å². The molecule has 41 heavy (non-hydrogen) atoms. The van der Waals surface area contributed by atoms with Gasteiger partial charge in [-0.05, 0) is 63.8 Å². The number of hydrogen-bond donors (Lipinski definition) is 2. The van der Waals surface area contributed by atoms with E-state index in [0.29, 0.717) is 41.8 Å². The normalized spacial score (nSPS) is 20.5. The van der Waals surface area contributed by atoms with Crippen molar-refractivity contribution in [2.45, 2.75) is 69.4 Å². The largest absolute Gasteiger partial charge is 0.487 e. The summed E-state index contributed by atoms with van der Waals surface area (Å²) in [6, 6.07) is 9.69. The van der Waals surface area contributed by atoms with Crippen LogP contribution in [0.1, 0.15) is 50.0 Å². The van der Waals surface area contributed by atoms with E-state index >= 15 is 0 Å². The number of hydrogen-bond acceptors (Lipinski definition) is 7. The summed E-state index contributed by atoms with van der Waals surface area (Å²) in [5.74, 6) is 0.159. The van der Waals surface area contributed by atoms with E-state index in [0.717, 1.165) is 12.8 Å². The molecular formula is C28H34ClF3N4O5. The van der Waals surface area contributed by atoms with Gasteiger partial charge in [0, 0.05) is 36.3 Å². The van der Waals surface area contributed by atoms with Crippen molar-refractivity contribution >= 4 is 29.2 Å². The van der Waals surface area contributed by atoms with Gasteiger partial charge in [-0.3, -0.25) is 9.59 Å². The van der Waals surface area contributed by atoms with Gasteiger partial charge in [-0.2, -0.15) is 13.2 Å². The topological polar surface area (TPSA) is 102 Å². The third kappa shape index (κ3) is 7.94. The average molecular weight is 599 g/mol. The van der Waals surface area contributed by atoms with Gasteiger partial charge in [0.25, 0.3) is 11.8 Å². The summed E-state index contributed by atoms with van der Waals surface area (Å²) in [5, 5.41) is 5.46. The lowest BCUT2D eigenvalue weighted by molar-refractivity contribution is -0.135. The highest BCUT2D eigenvalue weighted by atomic mass is 35.5. The van der Waals surface area contributed by atoms with Crippen molar-refractivity contribution in [3.63, 3.8) is 0 Å². The zero-order valence-electron chi connectivity index (χ0n) is 23.1. The van der Waals surface area contributed by atoms with Crippen LogP contribution in [0.4, 0.5) is 19.0 Å². The van der Waals surface area contributed by atoms with E-state index < -0.39 is 24.2 Å². The molecule has 2 bridgehead atoms. The molecule has 0 spiro atoms. The monoisotopic (exact) mass is 598 g/mol. The lowest BCUT2D eigenvalue weighted by Gasteiger charge is -2.41. The van der Waals surface area contributed by atoms with Crippen molar-refractivity contribution in [1.82, 2.24) is 15.6 Å². The Morgan fingerprint density at radius 3 is 2.44 bits per heavy atom. The Morgan fingerprint density at radius 1 is 1.07 bits per heavy atom. The maximum Gasteiger partial charge on any atom is 0.405 e. The van der Waals surface area contributed by atoms with E-state index in [1.807, 2.05) is 5.32 Å². The van der Waals surface area contributed by atoms with E-state index in [-0.39, 0.29) is 36.3 Å². The lowest BCUT2D eigenvalue weighted by atomic mass is 9.96. The number of rotatable bonds is 11. The SMILES string of the molecule is COCCOc1cc(Cl)ccc1OC(C)(C)C(=O)NC1CC2CCC(C1)N2c1cccc(C(=O)NCC(F)(F)F)n1. The summed E-state index contributed by atoms with van der Waals surface area (Å²) in [5.41, 5.74) is -1.29. The Kier molecular flexibility index (Phi) is 9.53. The molecule has 4 rings (SSSR count). The molecule has 2 fully saturated rings. The number of nitrogens with one attached hydrogen (secondary N) is 2. The number of anilines is 1. The quantitative estimate of drug-likeness (QED) is 0.367. The predicted octanol–water partition coefficient (Wildman–Crippen LogP) is 4.53. The summed E-state index contributed by atoms with van der Waals surface area (Å²) in [6.07, 6.45) is -1.47. The van der Waals surface area contributed by atoms with Crippen molar-refractivity contribution < 1.29 is 37.0 Å². The molecule has 13 heteroatoms. The van der Waals surface area contributed by atoms with Gasteiger partial charge in [0.15, 0.2) is 17.1 Å². The number of methoxy groups -OCH3 is 1. The number of amides is 2. The molecule has 2 amide bonds. The number of ether oxygens (including phenoxy) is 3. The van der Waals surface area contributed by atoms with Crippen LogP contribution in [0.2, 0.25) is 5.02 Å². The summed E-state index contributed by atoms with van der Waals surface area (Å²) in [7, 11) is 1.57. The first-order valence-corrected chi connectivity index (χ1v) is 13.8. The fourth-order valence-electron chi connectivity index (χ4n) is 5.23. The van der Waals surface area contributed by atoms with Gasteiger partial charge in [-0.15, -0.1) is 0 Å². The van der Waals surface area contributed by atoms with Gasteiger partial charge in [0.1, 0.15) is 24.7 Å². The standard InChI is InChI=1S/C28H34ClF3N4O5/c1-27(2,41-22-10-7-17(29)13-23(22)40-12-11-39-3)26(38)34-18-14-19-8-9-20(15-18)36(19)24-6-4-5-21(35-24)25(37)33-16-28(30,31)32/h4-7,10,13,18-20H,8-9,11-12,14-16H2,1-3H3,(H,33,37)(H,34,38). The Morgan fingerprint density at radius 2 is 1.78 bits per heavy atom. The van der Waals surface area contributed by atoms with E-state index in [9.17, 15) is 22.8 Å². The minimum atomic E-state index is -4.51. The summed E-state index contributed by atoms with van der Waals surface area (Å²) >= 11 is 6.12. The first kappa shape index (κ1) is 30.7. The molecule has 0 saturated carbocycles. The Bertz CT molecular complexity index is 1230. The highest BCUT2D eigenvalue weighted by molar-refractivity contribution is 6.30. The predicted molar refractivity (Wildman–Crippen MR) is 147 cm³/mol. The minimum absolute atomic E-state index is 0.0566. The number of carbonyl (C=O) groups excluding carboxylic acids is 2. The van der Waals surface area contributed by atoms with Gasteiger partial charge >= 0.3 is 6.18 Å². The minimum Gasteiger partial charge on any atom is -0.487 e. The third-order valence-electron chi connectivity index (χ3n) is 7.11. The molecular weight excluding hydrogens is 565 g/mol. The van der Waals surface area contributed by atoms with Crippen LogP contribution in [0.5, 0.6) is 11.5 Å². The first-order chi connectivity index (χ1) is 19.4. The van der Waals surface area contributed by atoms with Crippen molar-refractivity contribution in [2.75, 3.05) is 31.8 Å². The second-order valence-electron chi connectivity index (χ2n) is 10.7.